The van der Waals surface area contributed by atoms with Gasteiger partial charge in [-0.15, -0.1) is 0 Å². The second-order valence-electron chi connectivity index (χ2n) is 4.49. The van der Waals surface area contributed by atoms with Crippen molar-refractivity contribution in [1.29, 1.82) is 5.26 Å². The Labute approximate surface area is 101 Å². The average molecular weight is 235 g/mol. The van der Waals surface area contributed by atoms with Gasteiger partial charge in [-0.2, -0.15) is 5.26 Å². The van der Waals surface area contributed by atoms with Crippen LogP contribution in [0.4, 0.5) is 0 Å². The van der Waals surface area contributed by atoms with Crippen molar-refractivity contribution in [2.75, 3.05) is 6.61 Å². The van der Waals surface area contributed by atoms with Crippen molar-refractivity contribution in [3.8, 4) is 6.07 Å². The Morgan fingerprint density at radius 3 is 2.82 bits per heavy atom. The van der Waals surface area contributed by atoms with Crippen LogP contribution in [0, 0.1) is 28.6 Å². The third kappa shape index (κ3) is 2.23. The van der Waals surface area contributed by atoms with Gasteiger partial charge in [-0.3, -0.25) is 9.59 Å². The van der Waals surface area contributed by atoms with Crippen molar-refractivity contribution < 1.29 is 14.3 Å². The third-order valence-electron chi connectivity index (χ3n) is 3.34. The standard InChI is InChI=1S/C13H17NO3/c1-4-17-12(16)13(8-14)6-9(2)5-11(7-15)10(13)3/h5,7,9-10H,4,6H2,1-3H3/t9-,10+,13+/m0/s1. The maximum Gasteiger partial charge on any atom is 0.327 e. The highest BCUT2D eigenvalue weighted by Crippen LogP contribution is 2.43. The minimum Gasteiger partial charge on any atom is -0.465 e. The number of allylic oxidation sites excluding steroid dienone is 2. The maximum atomic E-state index is 12.0. The van der Waals surface area contributed by atoms with Crippen LogP contribution in [-0.4, -0.2) is 18.9 Å². The highest BCUT2D eigenvalue weighted by molar-refractivity contribution is 5.85. The van der Waals surface area contributed by atoms with Crippen molar-refractivity contribution in [3.05, 3.63) is 11.6 Å². The molecule has 4 heteroatoms. The summed E-state index contributed by atoms with van der Waals surface area (Å²) in [7, 11) is 0. The first kappa shape index (κ1) is 13.4. The van der Waals surface area contributed by atoms with E-state index < -0.39 is 17.3 Å². The number of nitrogens with zero attached hydrogens (tertiary/aromatic N) is 1. The Balaban J connectivity index is 3.17. The van der Waals surface area contributed by atoms with Gasteiger partial charge in [0.1, 0.15) is 6.29 Å². The Bertz CT molecular complexity index is 394. The molecule has 0 saturated heterocycles. The number of hydrogen-bond acceptors (Lipinski definition) is 4. The fourth-order valence-corrected chi connectivity index (χ4v) is 2.35. The molecule has 1 aliphatic carbocycles. The molecule has 0 N–H and O–H groups in total. The van der Waals surface area contributed by atoms with Crippen molar-refractivity contribution in [1.82, 2.24) is 0 Å². The zero-order chi connectivity index (χ0) is 13.1. The first-order valence-electron chi connectivity index (χ1n) is 5.77. The van der Waals surface area contributed by atoms with Crippen LogP contribution in [0.1, 0.15) is 27.2 Å². The molecule has 0 spiro atoms. The molecule has 0 radical (unpaired) electrons. The van der Waals surface area contributed by atoms with Gasteiger partial charge in [0.25, 0.3) is 0 Å². The predicted molar refractivity (Wildman–Crippen MR) is 61.8 cm³/mol. The van der Waals surface area contributed by atoms with Crippen LogP contribution in [0.5, 0.6) is 0 Å². The Morgan fingerprint density at radius 2 is 2.35 bits per heavy atom. The summed E-state index contributed by atoms with van der Waals surface area (Å²) in [4.78, 5) is 23.0. The monoisotopic (exact) mass is 235 g/mol. The molecule has 0 unspecified atom stereocenters. The van der Waals surface area contributed by atoms with Crippen molar-refractivity contribution in [3.63, 3.8) is 0 Å². The highest BCUT2D eigenvalue weighted by Gasteiger charge is 2.49. The van der Waals surface area contributed by atoms with Crippen LogP contribution in [-0.2, 0) is 14.3 Å². The van der Waals surface area contributed by atoms with E-state index in [1.54, 1.807) is 13.8 Å². The smallest absolute Gasteiger partial charge is 0.327 e. The van der Waals surface area contributed by atoms with E-state index in [0.29, 0.717) is 12.0 Å². The number of carbonyl (C=O) groups is 2. The minimum atomic E-state index is -1.22. The molecular formula is C13H17NO3. The summed E-state index contributed by atoms with van der Waals surface area (Å²) in [5.41, 5.74) is -0.709. The fourth-order valence-electron chi connectivity index (χ4n) is 2.35. The van der Waals surface area contributed by atoms with E-state index in [-0.39, 0.29) is 12.5 Å². The predicted octanol–water partition coefficient (Wildman–Crippen LogP) is 1.86. The quantitative estimate of drug-likeness (QED) is 0.553. The average Bonchev–Trinajstić information content (AvgIpc) is 2.31. The molecule has 0 saturated carbocycles. The lowest BCUT2D eigenvalue weighted by molar-refractivity contribution is -0.155. The molecular weight excluding hydrogens is 218 g/mol. The van der Waals surface area contributed by atoms with Crippen molar-refractivity contribution in [2.45, 2.75) is 27.2 Å². The summed E-state index contributed by atoms with van der Waals surface area (Å²) >= 11 is 0. The molecule has 0 aromatic rings. The lowest BCUT2D eigenvalue weighted by Gasteiger charge is -2.36. The highest BCUT2D eigenvalue weighted by atomic mass is 16.5. The van der Waals surface area contributed by atoms with Gasteiger partial charge in [0.15, 0.2) is 5.41 Å². The summed E-state index contributed by atoms with van der Waals surface area (Å²) in [6.45, 7) is 5.56. The summed E-state index contributed by atoms with van der Waals surface area (Å²) in [6, 6.07) is 2.07. The van der Waals surface area contributed by atoms with Crippen LogP contribution < -0.4 is 0 Å². The number of hydrogen-bond donors (Lipinski definition) is 0. The molecule has 1 aliphatic rings. The van der Waals surface area contributed by atoms with Crippen LogP contribution in [0.2, 0.25) is 0 Å². The second kappa shape index (κ2) is 5.13. The molecule has 17 heavy (non-hydrogen) atoms. The lowest BCUT2D eigenvalue weighted by atomic mass is 9.65. The molecule has 92 valence electrons. The van der Waals surface area contributed by atoms with Gasteiger partial charge in [-0.1, -0.05) is 19.9 Å². The van der Waals surface area contributed by atoms with E-state index >= 15 is 0 Å². The number of nitriles is 1. The van der Waals surface area contributed by atoms with E-state index in [9.17, 15) is 14.9 Å². The molecule has 0 heterocycles. The molecule has 3 atom stereocenters. The van der Waals surface area contributed by atoms with Gasteiger partial charge < -0.3 is 4.74 Å². The van der Waals surface area contributed by atoms with Gasteiger partial charge in [-0.25, -0.2) is 0 Å². The molecule has 0 amide bonds. The number of esters is 1. The summed E-state index contributed by atoms with van der Waals surface area (Å²) in [6.07, 6.45) is 2.96. The lowest BCUT2D eigenvalue weighted by Crippen LogP contribution is -2.42. The van der Waals surface area contributed by atoms with E-state index in [1.165, 1.54) is 0 Å². The first-order chi connectivity index (χ1) is 8.01. The SMILES string of the molecule is CCOC(=O)[C@@]1(C#N)C[C@@H](C)C=C(C=O)[C@H]1C. The molecule has 0 bridgehead atoms. The summed E-state index contributed by atoms with van der Waals surface area (Å²) in [5.74, 6) is -0.912. The van der Waals surface area contributed by atoms with Gasteiger partial charge in [0.2, 0.25) is 0 Å². The number of ether oxygens (including phenoxy) is 1. The van der Waals surface area contributed by atoms with Gasteiger partial charge in [0.05, 0.1) is 12.7 Å². The fraction of sp³-hybridized carbons (Fsp3) is 0.615. The Kier molecular flexibility index (Phi) is 4.06. The second-order valence-corrected chi connectivity index (χ2v) is 4.49. The molecule has 0 aromatic carbocycles. The summed E-state index contributed by atoms with van der Waals surface area (Å²) < 4.78 is 4.98. The molecule has 1 rings (SSSR count). The van der Waals surface area contributed by atoms with Crippen molar-refractivity contribution >= 4 is 12.3 Å². The zero-order valence-electron chi connectivity index (χ0n) is 10.4. The first-order valence-corrected chi connectivity index (χ1v) is 5.77. The number of rotatable bonds is 3. The summed E-state index contributed by atoms with van der Waals surface area (Å²) in [5, 5.41) is 9.35. The molecule has 0 fully saturated rings. The van der Waals surface area contributed by atoms with Crippen LogP contribution in [0.15, 0.2) is 11.6 Å². The number of aldehydes is 1. The van der Waals surface area contributed by atoms with E-state index in [2.05, 4.69) is 6.07 Å². The molecule has 0 aromatic heterocycles. The third-order valence-corrected chi connectivity index (χ3v) is 3.34. The van der Waals surface area contributed by atoms with Gasteiger partial charge in [-0.05, 0) is 24.8 Å². The Hall–Kier alpha value is -1.63. The molecule has 4 nitrogen and oxygen atoms in total. The van der Waals surface area contributed by atoms with Crippen LogP contribution >= 0.6 is 0 Å². The maximum absolute atomic E-state index is 12.0. The van der Waals surface area contributed by atoms with Crippen LogP contribution in [0.3, 0.4) is 0 Å². The van der Waals surface area contributed by atoms with Crippen molar-refractivity contribution in [2.24, 2.45) is 17.3 Å². The normalized spacial score (nSPS) is 32.2. The topological polar surface area (TPSA) is 67.2 Å². The van der Waals surface area contributed by atoms with E-state index in [0.717, 1.165) is 6.29 Å². The minimum absolute atomic E-state index is 0.0236. The van der Waals surface area contributed by atoms with Gasteiger partial charge >= 0.3 is 5.97 Å². The van der Waals surface area contributed by atoms with E-state index in [1.807, 2.05) is 13.0 Å². The van der Waals surface area contributed by atoms with E-state index in [4.69, 9.17) is 4.74 Å². The van der Waals surface area contributed by atoms with Crippen LogP contribution in [0.25, 0.3) is 0 Å². The Morgan fingerprint density at radius 1 is 1.71 bits per heavy atom. The van der Waals surface area contributed by atoms with Gasteiger partial charge in [0, 0.05) is 5.92 Å². The zero-order valence-corrected chi connectivity index (χ0v) is 10.4. The molecule has 0 aliphatic heterocycles. The number of carbonyl (C=O) groups excluding carboxylic acids is 2. The largest absolute Gasteiger partial charge is 0.465 e.